The number of fused-ring (bicyclic) bond motifs is 2. The van der Waals surface area contributed by atoms with E-state index in [4.69, 9.17) is 0 Å². The van der Waals surface area contributed by atoms with Gasteiger partial charge >= 0.3 is 0 Å². The van der Waals surface area contributed by atoms with E-state index in [0.717, 1.165) is 12.8 Å². The molecule has 0 radical (unpaired) electrons. The van der Waals surface area contributed by atoms with E-state index in [2.05, 4.69) is 0 Å². The van der Waals surface area contributed by atoms with Crippen LogP contribution in [-0.4, -0.2) is 17.0 Å². The minimum atomic E-state index is -0.280. The number of aliphatic hydroxyl groups excluding tert-OH is 1. The largest absolute Gasteiger partial charge is 0.392 e. The molecule has 0 aromatic heterocycles. The van der Waals surface area contributed by atoms with Crippen LogP contribution in [0.2, 0.25) is 0 Å². The molecule has 0 saturated heterocycles. The molecule has 9 heavy (non-hydrogen) atoms. The van der Waals surface area contributed by atoms with Crippen LogP contribution in [0.3, 0.4) is 0 Å². The molecule has 2 nitrogen and oxygen atoms in total. The van der Waals surface area contributed by atoms with Crippen molar-refractivity contribution in [3.05, 3.63) is 0 Å². The molecule has 0 aromatic carbocycles. The summed E-state index contributed by atoms with van der Waals surface area (Å²) >= 11 is 0. The predicted molar refractivity (Wildman–Crippen MR) is 31.8 cm³/mol. The first-order chi connectivity index (χ1) is 4.29. The maximum Gasteiger partial charge on any atom is 0.138 e. The molecule has 2 saturated carbocycles. The summed E-state index contributed by atoms with van der Waals surface area (Å²) < 4.78 is 0. The van der Waals surface area contributed by atoms with Crippen molar-refractivity contribution >= 4 is 5.78 Å². The van der Waals surface area contributed by atoms with Crippen LogP contribution in [0, 0.1) is 11.8 Å². The Kier molecular flexibility index (Phi) is 0.943. The van der Waals surface area contributed by atoms with Crippen molar-refractivity contribution in [2.24, 2.45) is 11.8 Å². The van der Waals surface area contributed by atoms with Crippen LogP contribution in [0.25, 0.3) is 0 Å². The van der Waals surface area contributed by atoms with Crippen molar-refractivity contribution in [3.8, 4) is 0 Å². The fourth-order valence-electron chi connectivity index (χ4n) is 2.05. The number of hydrogen-bond donors (Lipinski definition) is 1. The highest BCUT2D eigenvalue weighted by Crippen LogP contribution is 2.41. The van der Waals surface area contributed by atoms with E-state index in [1.165, 1.54) is 0 Å². The zero-order chi connectivity index (χ0) is 6.43. The van der Waals surface area contributed by atoms with Gasteiger partial charge in [0.05, 0.1) is 6.10 Å². The Bertz CT molecular complexity index is 153. The van der Waals surface area contributed by atoms with Crippen LogP contribution in [-0.2, 0) is 4.79 Å². The zero-order valence-electron chi connectivity index (χ0n) is 5.21. The number of carbonyl (C=O) groups is 1. The van der Waals surface area contributed by atoms with E-state index < -0.39 is 0 Å². The van der Waals surface area contributed by atoms with Gasteiger partial charge < -0.3 is 5.11 Å². The van der Waals surface area contributed by atoms with Crippen LogP contribution in [0.1, 0.15) is 19.3 Å². The van der Waals surface area contributed by atoms with Crippen LogP contribution in [0.15, 0.2) is 0 Å². The Morgan fingerprint density at radius 1 is 1.44 bits per heavy atom. The predicted octanol–water partition coefficient (Wildman–Crippen LogP) is 0.346. The third-order valence-corrected chi connectivity index (χ3v) is 2.62. The molecule has 0 heterocycles. The van der Waals surface area contributed by atoms with E-state index in [1.54, 1.807) is 0 Å². The summed E-state index contributed by atoms with van der Waals surface area (Å²) in [7, 11) is 0. The lowest BCUT2D eigenvalue weighted by molar-refractivity contribution is -0.122. The third-order valence-electron chi connectivity index (χ3n) is 2.62. The molecular formula is C7H10O2. The maximum atomic E-state index is 10.9. The molecule has 2 aliphatic rings. The molecule has 2 aliphatic carbocycles. The Balaban J connectivity index is 2.26. The molecular weight excluding hydrogens is 116 g/mol. The van der Waals surface area contributed by atoms with Gasteiger partial charge in [-0.1, -0.05) is 0 Å². The van der Waals surface area contributed by atoms with Gasteiger partial charge in [0.25, 0.3) is 0 Å². The number of carbonyl (C=O) groups excluding carboxylic acids is 1. The second-order valence-electron chi connectivity index (χ2n) is 3.10. The molecule has 0 unspecified atom stereocenters. The summed E-state index contributed by atoms with van der Waals surface area (Å²) in [5.41, 5.74) is 0. The van der Waals surface area contributed by atoms with Gasteiger partial charge in [-0.15, -0.1) is 0 Å². The van der Waals surface area contributed by atoms with Gasteiger partial charge in [-0.05, 0) is 18.8 Å². The topological polar surface area (TPSA) is 37.3 Å². The average Bonchev–Trinajstić information content (AvgIpc) is 2.25. The second-order valence-corrected chi connectivity index (χ2v) is 3.10. The molecule has 0 aliphatic heterocycles. The normalized spacial score (nSPS) is 48.6. The van der Waals surface area contributed by atoms with Gasteiger partial charge in [-0.2, -0.15) is 0 Å². The Morgan fingerprint density at radius 3 is 2.44 bits per heavy atom. The lowest BCUT2D eigenvalue weighted by atomic mass is 10.00. The highest BCUT2D eigenvalue weighted by Gasteiger charge is 2.46. The van der Waals surface area contributed by atoms with Crippen LogP contribution < -0.4 is 0 Å². The van der Waals surface area contributed by atoms with E-state index >= 15 is 0 Å². The van der Waals surface area contributed by atoms with Crippen LogP contribution in [0.5, 0.6) is 0 Å². The monoisotopic (exact) mass is 126 g/mol. The highest BCUT2D eigenvalue weighted by atomic mass is 16.3. The summed E-state index contributed by atoms with van der Waals surface area (Å²) in [6, 6.07) is 0. The zero-order valence-corrected chi connectivity index (χ0v) is 5.21. The van der Waals surface area contributed by atoms with E-state index in [1.807, 2.05) is 0 Å². The first-order valence-electron chi connectivity index (χ1n) is 3.50. The smallest absolute Gasteiger partial charge is 0.138 e. The minimum Gasteiger partial charge on any atom is -0.392 e. The number of rotatable bonds is 0. The quantitative estimate of drug-likeness (QED) is 0.508. The van der Waals surface area contributed by atoms with Crippen molar-refractivity contribution in [1.82, 2.24) is 0 Å². The molecule has 50 valence electrons. The average molecular weight is 126 g/mol. The summed E-state index contributed by atoms with van der Waals surface area (Å²) in [6.07, 6.45) is 2.37. The number of Topliss-reactive ketones (excluding diaryl/α,β-unsaturated/α-hetero) is 1. The standard InChI is InChI=1S/C7H10O2/c8-6-3-4-1-2-5(6)7(4)9/h4-5,7,9H,1-3H2/t4-,5+,7+/m0/s1. The van der Waals surface area contributed by atoms with Crippen LogP contribution in [0.4, 0.5) is 0 Å². The van der Waals surface area contributed by atoms with Gasteiger partial charge in [0.1, 0.15) is 5.78 Å². The van der Waals surface area contributed by atoms with Crippen molar-refractivity contribution < 1.29 is 9.90 Å². The molecule has 2 fully saturated rings. The summed E-state index contributed by atoms with van der Waals surface area (Å²) in [6.45, 7) is 0. The van der Waals surface area contributed by atoms with Crippen molar-refractivity contribution in [3.63, 3.8) is 0 Å². The lowest BCUT2D eigenvalue weighted by Crippen LogP contribution is -2.14. The highest BCUT2D eigenvalue weighted by molar-refractivity contribution is 5.85. The van der Waals surface area contributed by atoms with E-state index in [0.29, 0.717) is 18.1 Å². The van der Waals surface area contributed by atoms with Gasteiger partial charge in [-0.3, -0.25) is 4.79 Å². The first kappa shape index (κ1) is 5.42. The van der Waals surface area contributed by atoms with Crippen LogP contribution >= 0.6 is 0 Å². The number of ketones is 1. The molecule has 2 rings (SSSR count). The van der Waals surface area contributed by atoms with E-state index in [9.17, 15) is 9.90 Å². The van der Waals surface area contributed by atoms with Gasteiger partial charge in [0.2, 0.25) is 0 Å². The Morgan fingerprint density at radius 2 is 2.22 bits per heavy atom. The third kappa shape index (κ3) is 0.568. The fraction of sp³-hybridized carbons (Fsp3) is 0.857. The SMILES string of the molecule is O=C1C[C@@H]2CC[C@H]1[C@@H]2O. The van der Waals surface area contributed by atoms with Gasteiger partial charge in [0, 0.05) is 12.3 Å². The Hall–Kier alpha value is -0.370. The molecule has 0 amide bonds. The number of aliphatic hydroxyl groups is 1. The van der Waals surface area contributed by atoms with Gasteiger partial charge in [0.15, 0.2) is 0 Å². The summed E-state index contributed by atoms with van der Waals surface area (Å²) in [4.78, 5) is 10.9. The lowest BCUT2D eigenvalue weighted by Gasteiger charge is -2.03. The van der Waals surface area contributed by atoms with Crippen molar-refractivity contribution in [2.45, 2.75) is 25.4 Å². The molecule has 3 atom stereocenters. The minimum absolute atomic E-state index is 0.0231. The molecule has 0 aromatic rings. The number of hydrogen-bond acceptors (Lipinski definition) is 2. The molecule has 0 spiro atoms. The van der Waals surface area contributed by atoms with Crippen molar-refractivity contribution in [1.29, 1.82) is 0 Å². The molecule has 1 N–H and O–H groups in total. The molecule has 2 bridgehead atoms. The Labute approximate surface area is 53.9 Å². The van der Waals surface area contributed by atoms with Crippen molar-refractivity contribution in [2.75, 3.05) is 0 Å². The molecule has 2 heteroatoms. The van der Waals surface area contributed by atoms with Gasteiger partial charge in [-0.25, -0.2) is 0 Å². The maximum absolute atomic E-state index is 10.9. The summed E-state index contributed by atoms with van der Waals surface area (Å²) in [5.74, 6) is 0.635. The first-order valence-corrected chi connectivity index (χ1v) is 3.50. The van der Waals surface area contributed by atoms with E-state index in [-0.39, 0.29) is 12.0 Å². The summed E-state index contributed by atoms with van der Waals surface area (Å²) in [5, 5.41) is 9.28. The fourth-order valence-corrected chi connectivity index (χ4v) is 2.05. The second kappa shape index (κ2) is 1.57.